The normalized spacial score (nSPS) is 15.3. The van der Waals surface area contributed by atoms with Gasteiger partial charge in [-0.25, -0.2) is 9.97 Å². The van der Waals surface area contributed by atoms with E-state index in [1.54, 1.807) is 0 Å². The number of nitrogens with one attached hydrogen (secondary N) is 2. The van der Waals surface area contributed by atoms with Crippen LogP contribution in [-0.4, -0.2) is 43.9 Å². The lowest BCUT2D eigenvalue weighted by atomic mass is 10.0. The van der Waals surface area contributed by atoms with Crippen molar-refractivity contribution in [3.63, 3.8) is 0 Å². The van der Waals surface area contributed by atoms with E-state index >= 15 is 0 Å². The second-order valence-corrected chi connectivity index (χ2v) is 7.60. The number of hydrogen-bond acceptors (Lipinski definition) is 5. The number of piperidine rings is 1. The molecule has 0 amide bonds. The predicted octanol–water partition coefficient (Wildman–Crippen LogP) is 3.21. The van der Waals surface area contributed by atoms with Gasteiger partial charge in [0.05, 0.1) is 17.6 Å². The smallest absolute Gasteiger partial charge is 0.164 e. The summed E-state index contributed by atoms with van der Waals surface area (Å²) >= 11 is 0. The van der Waals surface area contributed by atoms with Crippen molar-refractivity contribution in [3.05, 3.63) is 66.5 Å². The van der Waals surface area contributed by atoms with E-state index in [4.69, 9.17) is 0 Å². The Labute approximate surface area is 169 Å². The van der Waals surface area contributed by atoms with Crippen molar-refractivity contribution in [2.45, 2.75) is 32.4 Å². The third-order valence-electron chi connectivity index (χ3n) is 5.63. The van der Waals surface area contributed by atoms with Crippen LogP contribution in [0.1, 0.15) is 24.5 Å². The molecule has 0 aliphatic carbocycles. The first-order valence-electron chi connectivity index (χ1n) is 10.1. The molecule has 2 aromatic carbocycles. The molecular weight excluding hydrogens is 362 g/mol. The number of anilines is 1. The summed E-state index contributed by atoms with van der Waals surface area (Å²) in [7, 11) is 0. The lowest BCUT2D eigenvalue weighted by Crippen LogP contribution is -2.42. The maximum Gasteiger partial charge on any atom is 0.164 e. The van der Waals surface area contributed by atoms with Crippen LogP contribution in [0.3, 0.4) is 0 Å². The Morgan fingerprint density at radius 2 is 1.79 bits per heavy atom. The molecule has 0 bridgehead atoms. The number of rotatable bonds is 5. The highest BCUT2D eigenvalue weighted by atomic mass is 15.2. The minimum Gasteiger partial charge on any atom is -0.371 e. The van der Waals surface area contributed by atoms with Crippen LogP contribution in [0.4, 0.5) is 5.69 Å². The van der Waals surface area contributed by atoms with Crippen molar-refractivity contribution in [1.82, 2.24) is 30.0 Å². The summed E-state index contributed by atoms with van der Waals surface area (Å²) in [5.74, 6) is 1.70. The molecule has 0 atom stereocenters. The van der Waals surface area contributed by atoms with Gasteiger partial charge in [-0.2, -0.15) is 5.10 Å². The summed E-state index contributed by atoms with van der Waals surface area (Å²) in [6.45, 7) is 4.76. The molecule has 1 saturated heterocycles. The van der Waals surface area contributed by atoms with Gasteiger partial charge in [-0.15, -0.1) is 0 Å². The van der Waals surface area contributed by atoms with E-state index in [-0.39, 0.29) is 0 Å². The second kappa shape index (κ2) is 7.67. The van der Waals surface area contributed by atoms with E-state index in [0.29, 0.717) is 6.04 Å². The molecule has 148 valence electrons. The minimum absolute atomic E-state index is 0.515. The molecule has 29 heavy (non-hydrogen) atoms. The number of hydrogen-bond donors (Lipinski definition) is 2. The minimum atomic E-state index is 0.515. The molecule has 0 unspecified atom stereocenters. The standard InChI is InChI=1S/C22H25N7/c1-16-25-22(27-26-16)14-23-17-10-12-28(13-11-17)18-6-8-19(9-7-18)29-15-24-20-4-2-3-5-21(20)29/h2-9,15,17,23H,10-14H2,1H3,(H,25,26,27). The summed E-state index contributed by atoms with van der Waals surface area (Å²) in [6, 6.07) is 17.5. The van der Waals surface area contributed by atoms with Crippen LogP contribution in [0.15, 0.2) is 54.9 Å². The van der Waals surface area contributed by atoms with Crippen LogP contribution in [0.5, 0.6) is 0 Å². The zero-order chi connectivity index (χ0) is 19.6. The Morgan fingerprint density at radius 1 is 1.03 bits per heavy atom. The fourth-order valence-electron chi connectivity index (χ4n) is 4.03. The second-order valence-electron chi connectivity index (χ2n) is 7.60. The van der Waals surface area contributed by atoms with E-state index in [1.165, 1.54) is 5.69 Å². The average molecular weight is 387 g/mol. The number of H-pyrrole nitrogens is 1. The SMILES string of the molecule is Cc1nc(CNC2CCN(c3ccc(-n4cnc5ccccc54)cc3)CC2)n[nH]1. The van der Waals surface area contributed by atoms with Gasteiger partial charge in [0.25, 0.3) is 0 Å². The summed E-state index contributed by atoms with van der Waals surface area (Å²) in [5.41, 5.74) is 4.57. The van der Waals surface area contributed by atoms with Gasteiger partial charge in [0.1, 0.15) is 12.2 Å². The summed E-state index contributed by atoms with van der Waals surface area (Å²) in [6.07, 6.45) is 4.14. The first-order valence-corrected chi connectivity index (χ1v) is 10.1. The van der Waals surface area contributed by atoms with Crippen LogP contribution in [0.25, 0.3) is 16.7 Å². The van der Waals surface area contributed by atoms with Crippen molar-refractivity contribution < 1.29 is 0 Å². The van der Waals surface area contributed by atoms with E-state index < -0.39 is 0 Å². The van der Waals surface area contributed by atoms with Gasteiger partial charge < -0.3 is 10.2 Å². The molecule has 2 aromatic heterocycles. The molecule has 5 rings (SSSR count). The molecule has 0 saturated carbocycles. The molecule has 1 aliphatic heterocycles. The fraction of sp³-hybridized carbons (Fsp3) is 0.318. The summed E-state index contributed by atoms with van der Waals surface area (Å²) in [5, 5.41) is 10.7. The van der Waals surface area contributed by atoms with Gasteiger partial charge in [-0.05, 0) is 56.2 Å². The van der Waals surface area contributed by atoms with Crippen molar-refractivity contribution in [1.29, 1.82) is 0 Å². The quantitative estimate of drug-likeness (QED) is 0.550. The molecule has 1 aliphatic rings. The lowest BCUT2D eigenvalue weighted by molar-refractivity contribution is 0.410. The largest absolute Gasteiger partial charge is 0.371 e. The number of imidazole rings is 1. The number of para-hydroxylation sites is 2. The molecule has 4 aromatic rings. The van der Waals surface area contributed by atoms with Gasteiger partial charge in [-0.3, -0.25) is 9.67 Å². The number of aromatic nitrogens is 5. The fourth-order valence-corrected chi connectivity index (χ4v) is 4.03. The van der Waals surface area contributed by atoms with Crippen LogP contribution in [0, 0.1) is 6.92 Å². The third kappa shape index (κ3) is 3.73. The first kappa shape index (κ1) is 17.9. The highest BCUT2D eigenvalue weighted by Gasteiger charge is 2.19. The van der Waals surface area contributed by atoms with Crippen LogP contribution in [0.2, 0.25) is 0 Å². The number of aryl methyl sites for hydroxylation is 1. The van der Waals surface area contributed by atoms with Crippen molar-refractivity contribution in [2.75, 3.05) is 18.0 Å². The van der Waals surface area contributed by atoms with Crippen LogP contribution in [-0.2, 0) is 6.54 Å². The van der Waals surface area contributed by atoms with Crippen LogP contribution >= 0.6 is 0 Å². The maximum absolute atomic E-state index is 4.49. The Balaban J connectivity index is 1.20. The van der Waals surface area contributed by atoms with Gasteiger partial charge in [0, 0.05) is 30.5 Å². The molecule has 0 radical (unpaired) electrons. The zero-order valence-electron chi connectivity index (χ0n) is 16.5. The zero-order valence-corrected chi connectivity index (χ0v) is 16.5. The number of fused-ring (bicyclic) bond motifs is 1. The predicted molar refractivity (Wildman–Crippen MR) is 114 cm³/mol. The van der Waals surface area contributed by atoms with E-state index in [0.717, 1.165) is 60.8 Å². The number of nitrogens with zero attached hydrogens (tertiary/aromatic N) is 5. The van der Waals surface area contributed by atoms with Crippen molar-refractivity contribution >= 4 is 16.7 Å². The number of benzene rings is 2. The summed E-state index contributed by atoms with van der Waals surface area (Å²) in [4.78, 5) is 11.3. The van der Waals surface area contributed by atoms with Gasteiger partial charge >= 0.3 is 0 Å². The Morgan fingerprint density at radius 3 is 2.55 bits per heavy atom. The maximum atomic E-state index is 4.49. The molecule has 7 nitrogen and oxygen atoms in total. The van der Waals surface area contributed by atoms with Crippen molar-refractivity contribution in [3.8, 4) is 5.69 Å². The van der Waals surface area contributed by atoms with Crippen LogP contribution < -0.4 is 10.2 Å². The Bertz CT molecular complexity index is 1090. The molecule has 0 spiro atoms. The highest BCUT2D eigenvalue weighted by Crippen LogP contribution is 2.24. The van der Waals surface area contributed by atoms with E-state index in [9.17, 15) is 0 Å². The highest BCUT2D eigenvalue weighted by molar-refractivity contribution is 5.77. The average Bonchev–Trinajstić information content (AvgIpc) is 3.39. The van der Waals surface area contributed by atoms with Crippen molar-refractivity contribution in [2.24, 2.45) is 0 Å². The topological polar surface area (TPSA) is 74.7 Å². The molecule has 3 heterocycles. The van der Waals surface area contributed by atoms with E-state index in [2.05, 4.69) is 71.3 Å². The third-order valence-corrected chi connectivity index (χ3v) is 5.63. The molecule has 7 heteroatoms. The van der Waals surface area contributed by atoms with Gasteiger partial charge in [-0.1, -0.05) is 12.1 Å². The molecule has 2 N–H and O–H groups in total. The lowest BCUT2D eigenvalue weighted by Gasteiger charge is -2.34. The number of aromatic amines is 1. The summed E-state index contributed by atoms with van der Waals surface area (Å²) < 4.78 is 2.14. The van der Waals surface area contributed by atoms with E-state index in [1.807, 2.05) is 25.4 Å². The molecular formula is C22H25N7. The van der Waals surface area contributed by atoms with Gasteiger partial charge in [0.15, 0.2) is 5.82 Å². The molecule has 1 fully saturated rings. The van der Waals surface area contributed by atoms with Gasteiger partial charge in [0.2, 0.25) is 0 Å². The Kier molecular flexibility index (Phi) is 4.73. The first-order chi connectivity index (χ1) is 14.3. The Hall–Kier alpha value is -3.19. The monoisotopic (exact) mass is 387 g/mol.